The van der Waals surface area contributed by atoms with Gasteiger partial charge in [0.1, 0.15) is 11.5 Å². The van der Waals surface area contributed by atoms with E-state index in [2.05, 4.69) is 13.8 Å². The van der Waals surface area contributed by atoms with Gasteiger partial charge >= 0.3 is 0 Å². The van der Waals surface area contributed by atoms with Crippen molar-refractivity contribution in [2.45, 2.75) is 58.0 Å². The number of aromatic hydroxyl groups is 3. The third-order valence-electron chi connectivity index (χ3n) is 6.68. The first-order valence-corrected chi connectivity index (χ1v) is 12.9. The Hall–Kier alpha value is -3.71. The van der Waals surface area contributed by atoms with Crippen molar-refractivity contribution in [1.29, 1.82) is 0 Å². The molecular formula is C31H38O7. The number of aliphatic hydroxyl groups is 1. The van der Waals surface area contributed by atoms with Crippen LogP contribution in [0, 0.1) is 5.92 Å². The molecule has 3 rings (SSSR count). The molecule has 0 unspecified atom stereocenters. The second-order valence-corrected chi connectivity index (χ2v) is 10.1. The Labute approximate surface area is 224 Å². The lowest BCUT2D eigenvalue weighted by atomic mass is 9.85. The fraction of sp³-hybridized carbons (Fsp3) is 0.387. The number of aliphatic hydroxyl groups excluding tert-OH is 1. The van der Waals surface area contributed by atoms with E-state index < -0.39 is 12.0 Å². The molecule has 0 spiro atoms. The van der Waals surface area contributed by atoms with Crippen LogP contribution >= 0.6 is 0 Å². The van der Waals surface area contributed by atoms with Crippen molar-refractivity contribution in [1.82, 2.24) is 0 Å². The minimum absolute atomic E-state index is 0.00889. The summed E-state index contributed by atoms with van der Waals surface area (Å²) >= 11 is 0. The summed E-state index contributed by atoms with van der Waals surface area (Å²) in [5.41, 5.74) is 3.32. The van der Waals surface area contributed by atoms with E-state index in [4.69, 9.17) is 9.47 Å². The molecule has 7 nitrogen and oxygen atoms in total. The minimum Gasteiger partial charge on any atom is -0.508 e. The summed E-state index contributed by atoms with van der Waals surface area (Å²) in [6, 6.07) is 15.0. The smallest absolute Gasteiger partial charge is 0.163 e. The van der Waals surface area contributed by atoms with Crippen molar-refractivity contribution in [3.05, 3.63) is 76.9 Å². The fourth-order valence-electron chi connectivity index (χ4n) is 4.79. The maximum atomic E-state index is 13.5. The molecule has 2 atom stereocenters. The van der Waals surface area contributed by atoms with Crippen molar-refractivity contribution in [3.63, 3.8) is 0 Å². The lowest BCUT2D eigenvalue weighted by Gasteiger charge is -2.20. The zero-order chi connectivity index (χ0) is 27.8. The Kier molecular flexibility index (Phi) is 10.0. The number of phenols is 3. The molecule has 0 fully saturated rings. The van der Waals surface area contributed by atoms with Crippen molar-refractivity contribution in [2.24, 2.45) is 5.92 Å². The minimum atomic E-state index is -0.872. The Morgan fingerprint density at radius 2 is 1.63 bits per heavy atom. The van der Waals surface area contributed by atoms with Crippen LogP contribution in [-0.4, -0.2) is 46.5 Å². The molecule has 0 saturated heterocycles. The van der Waals surface area contributed by atoms with Gasteiger partial charge in [-0.3, -0.25) is 4.79 Å². The molecule has 38 heavy (non-hydrogen) atoms. The number of Topliss-reactive ketones (excluding diaryl/α,β-unsaturated/α-hetero) is 1. The molecule has 3 aromatic carbocycles. The zero-order valence-corrected chi connectivity index (χ0v) is 22.5. The number of aryl methyl sites for hydroxylation is 1. The summed E-state index contributed by atoms with van der Waals surface area (Å²) in [5, 5.41) is 41.1. The molecule has 0 heterocycles. The second kappa shape index (κ2) is 13.2. The van der Waals surface area contributed by atoms with Gasteiger partial charge in [0.2, 0.25) is 0 Å². The number of phenolic OH excluding ortho intramolecular Hbond substituents is 3. The van der Waals surface area contributed by atoms with Gasteiger partial charge in [0, 0.05) is 17.9 Å². The van der Waals surface area contributed by atoms with Gasteiger partial charge in [0.15, 0.2) is 23.0 Å². The van der Waals surface area contributed by atoms with Crippen molar-refractivity contribution in [3.8, 4) is 28.7 Å². The quantitative estimate of drug-likeness (QED) is 0.241. The number of carbonyl (C=O) groups is 1. The molecular weight excluding hydrogens is 484 g/mol. The average Bonchev–Trinajstić information content (AvgIpc) is 2.87. The van der Waals surface area contributed by atoms with Gasteiger partial charge in [0.25, 0.3) is 0 Å². The summed E-state index contributed by atoms with van der Waals surface area (Å²) in [4.78, 5) is 13.5. The number of carbonyl (C=O) groups excluding carboxylic acids is 1. The first kappa shape index (κ1) is 28.9. The molecule has 0 aromatic heterocycles. The van der Waals surface area contributed by atoms with Crippen LogP contribution in [0.1, 0.15) is 54.9 Å². The standard InChI is InChI=1S/C31H38O7/c1-19(2)14-26-21(10-13-28(35)31(26)38-4)9-11-24(33)18-29(36)25(22-6-5-7-23(32)17-22)15-20-8-12-27(34)30(16-20)37-3/h5-8,10,12-13,16-17,19,24-25,32-35H,9,11,14-15,18H2,1-4H3/t24-,25-/m0/s1. The van der Waals surface area contributed by atoms with E-state index in [1.807, 2.05) is 6.07 Å². The molecule has 3 aromatic rings. The normalized spacial score (nSPS) is 12.8. The number of ether oxygens (including phenoxy) is 2. The highest BCUT2D eigenvalue weighted by Crippen LogP contribution is 2.35. The molecule has 4 N–H and O–H groups in total. The average molecular weight is 523 g/mol. The van der Waals surface area contributed by atoms with Crippen LogP contribution in [0.4, 0.5) is 0 Å². The Morgan fingerprint density at radius 3 is 2.29 bits per heavy atom. The van der Waals surface area contributed by atoms with E-state index in [9.17, 15) is 25.2 Å². The molecule has 0 radical (unpaired) electrons. The van der Waals surface area contributed by atoms with E-state index in [-0.39, 0.29) is 29.5 Å². The lowest BCUT2D eigenvalue weighted by Crippen LogP contribution is -2.22. The molecule has 0 aliphatic heterocycles. The summed E-state index contributed by atoms with van der Waals surface area (Å²) < 4.78 is 10.7. The molecule has 0 aliphatic rings. The number of ketones is 1. The monoisotopic (exact) mass is 522 g/mol. The maximum absolute atomic E-state index is 13.5. The second-order valence-electron chi connectivity index (χ2n) is 10.1. The predicted molar refractivity (Wildman–Crippen MR) is 146 cm³/mol. The zero-order valence-electron chi connectivity index (χ0n) is 22.5. The van der Waals surface area contributed by atoms with Crippen LogP contribution in [0.25, 0.3) is 0 Å². The van der Waals surface area contributed by atoms with Gasteiger partial charge < -0.3 is 29.9 Å². The van der Waals surface area contributed by atoms with Gasteiger partial charge in [-0.25, -0.2) is 0 Å². The number of benzene rings is 3. The molecule has 204 valence electrons. The molecule has 0 amide bonds. The highest BCUT2D eigenvalue weighted by atomic mass is 16.5. The topological polar surface area (TPSA) is 116 Å². The summed E-state index contributed by atoms with van der Waals surface area (Å²) in [5.74, 6) is 0.510. The highest BCUT2D eigenvalue weighted by molar-refractivity contribution is 5.86. The fourth-order valence-corrected chi connectivity index (χ4v) is 4.79. The maximum Gasteiger partial charge on any atom is 0.163 e. The Bertz CT molecular complexity index is 1230. The summed E-state index contributed by atoms with van der Waals surface area (Å²) in [6.07, 6.45) is 1.01. The Balaban J connectivity index is 1.77. The predicted octanol–water partition coefficient (Wildman–Crippen LogP) is 5.30. The van der Waals surface area contributed by atoms with E-state index in [0.29, 0.717) is 42.2 Å². The van der Waals surface area contributed by atoms with Gasteiger partial charge in [-0.05, 0) is 78.6 Å². The van der Waals surface area contributed by atoms with Gasteiger partial charge in [-0.2, -0.15) is 0 Å². The first-order chi connectivity index (χ1) is 18.1. The van der Waals surface area contributed by atoms with Crippen molar-refractivity contribution in [2.75, 3.05) is 14.2 Å². The van der Waals surface area contributed by atoms with Crippen LogP contribution in [0.5, 0.6) is 28.7 Å². The van der Waals surface area contributed by atoms with Crippen LogP contribution in [0.3, 0.4) is 0 Å². The van der Waals surface area contributed by atoms with Crippen LogP contribution < -0.4 is 9.47 Å². The number of rotatable bonds is 13. The van der Waals surface area contributed by atoms with Gasteiger partial charge in [-0.15, -0.1) is 0 Å². The highest BCUT2D eigenvalue weighted by Gasteiger charge is 2.25. The first-order valence-electron chi connectivity index (χ1n) is 12.9. The van der Waals surface area contributed by atoms with Crippen molar-refractivity contribution >= 4 is 5.78 Å². The largest absolute Gasteiger partial charge is 0.508 e. The van der Waals surface area contributed by atoms with Gasteiger partial charge in [-0.1, -0.05) is 38.1 Å². The van der Waals surface area contributed by atoms with E-state index in [0.717, 1.165) is 23.1 Å². The van der Waals surface area contributed by atoms with E-state index in [1.54, 1.807) is 42.5 Å². The van der Waals surface area contributed by atoms with E-state index in [1.165, 1.54) is 20.3 Å². The van der Waals surface area contributed by atoms with Crippen molar-refractivity contribution < 1.29 is 34.7 Å². The third-order valence-corrected chi connectivity index (χ3v) is 6.68. The van der Waals surface area contributed by atoms with Gasteiger partial charge in [0.05, 0.1) is 20.3 Å². The summed E-state index contributed by atoms with van der Waals surface area (Å²) in [7, 11) is 2.99. The molecule has 0 bridgehead atoms. The molecule has 0 saturated carbocycles. The van der Waals surface area contributed by atoms with Crippen LogP contribution in [0.15, 0.2) is 54.6 Å². The number of hydrogen-bond donors (Lipinski definition) is 4. The molecule has 0 aliphatic carbocycles. The third kappa shape index (κ3) is 7.42. The SMILES string of the molecule is COc1cc(C[C@H](C(=O)C[C@@H](O)CCc2ccc(O)c(OC)c2CC(C)C)c2cccc(O)c2)ccc1O. The number of methoxy groups -OCH3 is 2. The lowest BCUT2D eigenvalue weighted by molar-refractivity contribution is -0.122. The summed E-state index contributed by atoms with van der Waals surface area (Å²) in [6.45, 7) is 4.18. The van der Waals surface area contributed by atoms with Crippen LogP contribution in [0.2, 0.25) is 0 Å². The number of hydrogen-bond acceptors (Lipinski definition) is 7. The Morgan fingerprint density at radius 1 is 0.895 bits per heavy atom. The molecule has 7 heteroatoms. The van der Waals surface area contributed by atoms with Crippen LogP contribution in [-0.2, 0) is 24.1 Å². The van der Waals surface area contributed by atoms with E-state index >= 15 is 0 Å².